The number of hydrogen-bond acceptors (Lipinski definition) is 5. The van der Waals surface area contributed by atoms with Crippen LogP contribution >= 0.6 is 0 Å². The van der Waals surface area contributed by atoms with Crippen molar-refractivity contribution in [1.82, 2.24) is 4.98 Å². The van der Waals surface area contributed by atoms with Gasteiger partial charge in [0, 0.05) is 11.6 Å². The lowest BCUT2D eigenvalue weighted by Crippen LogP contribution is -2.30. The molecule has 0 aliphatic heterocycles. The van der Waals surface area contributed by atoms with Crippen molar-refractivity contribution in [1.29, 1.82) is 0 Å². The van der Waals surface area contributed by atoms with E-state index in [2.05, 4.69) is 17.2 Å². The molecule has 2 aromatic carbocycles. The molecule has 1 aromatic heterocycles. The van der Waals surface area contributed by atoms with Gasteiger partial charge in [-0.1, -0.05) is 25.5 Å². The molecule has 0 aliphatic carbocycles. The van der Waals surface area contributed by atoms with Gasteiger partial charge in [0.05, 0.1) is 19.4 Å². The topological polar surface area (TPSA) is 69.7 Å². The number of nitrogens with one attached hydrogen (secondary N) is 1. The third kappa shape index (κ3) is 4.96. The molecule has 0 unspecified atom stereocenters. The number of benzene rings is 2. The number of ether oxygens (including phenoxy) is 3. The number of para-hydroxylation sites is 2. The SMILES string of the molecule is CCCCOc1ccc(NC(=O)[C@@H](C)Oc2ccccc2OC)c2cccnc12. The Morgan fingerprint density at radius 3 is 2.62 bits per heavy atom. The van der Waals surface area contributed by atoms with Gasteiger partial charge in [-0.25, -0.2) is 0 Å². The maximum absolute atomic E-state index is 12.7. The van der Waals surface area contributed by atoms with E-state index in [1.807, 2.05) is 36.4 Å². The molecule has 1 heterocycles. The van der Waals surface area contributed by atoms with Crippen molar-refractivity contribution in [2.24, 2.45) is 0 Å². The van der Waals surface area contributed by atoms with E-state index < -0.39 is 6.10 Å². The molecular weight excluding hydrogens is 368 g/mol. The van der Waals surface area contributed by atoms with E-state index in [1.54, 1.807) is 32.4 Å². The standard InChI is InChI=1S/C23H26N2O4/c1-4-5-15-28-21-13-12-18(17-9-8-14-24-22(17)21)25-23(26)16(2)29-20-11-7-6-10-19(20)27-3/h6-14,16H,4-5,15H2,1-3H3,(H,25,26)/t16-/m1/s1. The third-order valence-corrected chi connectivity index (χ3v) is 4.49. The summed E-state index contributed by atoms with van der Waals surface area (Å²) in [6.45, 7) is 4.45. The first kappa shape index (κ1) is 20.5. The van der Waals surface area contributed by atoms with Gasteiger partial charge in [-0.3, -0.25) is 9.78 Å². The molecule has 3 rings (SSSR count). The summed E-state index contributed by atoms with van der Waals surface area (Å²) in [4.78, 5) is 17.2. The number of aromatic nitrogens is 1. The summed E-state index contributed by atoms with van der Waals surface area (Å²) >= 11 is 0. The maximum atomic E-state index is 12.7. The van der Waals surface area contributed by atoms with Crippen molar-refractivity contribution in [3.63, 3.8) is 0 Å². The Hall–Kier alpha value is -3.28. The smallest absolute Gasteiger partial charge is 0.265 e. The number of pyridine rings is 1. The zero-order valence-electron chi connectivity index (χ0n) is 17.0. The van der Waals surface area contributed by atoms with Crippen molar-refractivity contribution in [2.45, 2.75) is 32.8 Å². The number of nitrogens with zero attached hydrogens (tertiary/aromatic N) is 1. The van der Waals surface area contributed by atoms with Crippen LogP contribution in [-0.4, -0.2) is 30.7 Å². The molecule has 0 fully saturated rings. The summed E-state index contributed by atoms with van der Waals surface area (Å²) in [6, 6.07) is 14.7. The van der Waals surface area contributed by atoms with Gasteiger partial charge in [-0.2, -0.15) is 0 Å². The molecular formula is C23H26N2O4. The Morgan fingerprint density at radius 1 is 1.07 bits per heavy atom. The summed E-state index contributed by atoms with van der Waals surface area (Å²) in [5.41, 5.74) is 1.39. The first-order chi connectivity index (χ1) is 14.1. The minimum absolute atomic E-state index is 0.263. The fraction of sp³-hybridized carbons (Fsp3) is 0.304. The van der Waals surface area contributed by atoms with Crippen LogP contribution in [0.1, 0.15) is 26.7 Å². The molecule has 6 heteroatoms. The predicted molar refractivity (Wildman–Crippen MR) is 114 cm³/mol. The third-order valence-electron chi connectivity index (χ3n) is 4.49. The van der Waals surface area contributed by atoms with E-state index >= 15 is 0 Å². The Bertz CT molecular complexity index is 974. The van der Waals surface area contributed by atoms with E-state index in [0.717, 1.165) is 23.7 Å². The summed E-state index contributed by atoms with van der Waals surface area (Å²) < 4.78 is 16.9. The highest BCUT2D eigenvalue weighted by Crippen LogP contribution is 2.31. The molecule has 3 aromatic rings. The van der Waals surface area contributed by atoms with Crippen LogP contribution in [0.2, 0.25) is 0 Å². The predicted octanol–water partition coefficient (Wildman–Crippen LogP) is 4.83. The molecule has 0 aliphatic rings. The van der Waals surface area contributed by atoms with Gasteiger partial charge in [0.1, 0.15) is 11.3 Å². The lowest BCUT2D eigenvalue weighted by atomic mass is 10.1. The van der Waals surface area contributed by atoms with Gasteiger partial charge in [0.2, 0.25) is 0 Å². The number of carbonyl (C=O) groups is 1. The number of hydrogen-bond donors (Lipinski definition) is 1. The van der Waals surface area contributed by atoms with Crippen molar-refractivity contribution >= 4 is 22.5 Å². The fourth-order valence-corrected chi connectivity index (χ4v) is 2.89. The maximum Gasteiger partial charge on any atom is 0.265 e. The molecule has 0 saturated heterocycles. The zero-order valence-corrected chi connectivity index (χ0v) is 17.0. The molecule has 152 valence electrons. The summed E-state index contributed by atoms with van der Waals surface area (Å²) in [5, 5.41) is 3.76. The van der Waals surface area contributed by atoms with Crippen molar-refractivity contribution in [2.75, 3.05) is 19.0 Å². The van der Waals surface area contributed by atoms with E-state index in [1.165, 1.54) is 0 Å². The molecule has 1 amide bonds. The zero-order chi connectivity index (χ0) is 20.6. The van der Waals surface area contributed by atoms with Crippen LogP contribution in [0, 0.1) is 0 Å². The van der Waals surface area contributed by atoms with E-state index in [-0.39, 0.29) is 5.91 Å². The molecule has 0 bridgehead atoms. The molecule has 1 atom stereocenters. The average Bonchev–Trinajstić information content (AvgIpc) is 2.75. The number of anilines is 1. The van der Waals surface area contributed by atoms with Gasteiger partial charge in [0.25, 0.3) is 5.91 Å². The van der Waals surface area contributed by atoms with Crippen LogP contribution < -0.4 is 19.5 Å². The van der Waals surface area contributed by atoms with E-state index in [9.17, 15) is 4.79 Å². The Labute approximate surface area is 170 Å². The van der Waals surface area contributed by atoms with Gasteiger partial charge < -0.3 is 19.5 Å². The number of methoxy groups -OCH3 is 1. The second kappa shape index (κ2) is 9.78. The minimum Gasteiger partial charge on any atom is -0.493 e. The van der Waals surface area contributed by atoms with Crippen molar-refractivity contribution < 1.29 is 19.0 Å². The fourth-order valence-electron chi connectivity index (χ4n) is 2.89. The summed E-state index contributed by atoms with van der Waals surface area (Å²) in [6.07, 6.45) is 3.04. The Balaban J connectivity index is 1.77. The van der Waals surface area contributed by atoms with Crippen LogP contribution in [0.5, 0.6) is 17.2 Å². The van der Waals surface area contributed by atoms with Crippen LogP contribution in [0.15, 0.2) is 54.7 Å². The van der Waals surface area contributed by atoms with Gasteiger partial charge >= 0.3 is 0 Å². The molecule has 0 spiro atoms. The number of carbonyl (C=O) groups excluding carboxylic acids is 1. The molecule has 29 heavy (non-hydrogen) atoms. The van der Waals surface area contributed by atoms with E-state index in [4.69, 9.17) is 14.2 Å². The minimum atomic E-state index is -0.710. The van der Waals surface area contributed by atoms with E-state index in [0.29, 0.717) is 29.5 Å². The van der Waals surface area contributed by atoms with Gasteiger partial charge in [-0.05, 0) is 49.7 Å². The van der Waals surface area contributed by atoms with Crippen LogP contribution in [0.25, 0.3) is 10.9 Å². The monoisotopic (exact) mass is 394 g/mol. The Morgan fingerprint density at radius 2 is 1.86 bits per heavy atom. The van der Waals surface area contributed by atoms with Crippen molar-refractivity contribution in [3.8, 4) is 17.2 Å². The molecule has 0 radical (unpaired) electrons. The first-order valence-electron chi connectivity index (χ1n) is 9.75. The lowest BCUT2D eigenvalue weighted by molar-refractivity contribution is -0.122. The Kier molecular flexibility index (Phi) is 6.89. The summed E-state index contributed by atoms with van der Waals surface area (Å²) in [7, 11) is 1.57. The van der Waals surface area contributed by atoms with Crippen LogP contribution in [0.4, 0.5) is 5.69 Å². The highest BCUT2D eigenvalue weighted by Gasteiger charge is 2.18. The highest BCUT2D eigenvalue weighted by molar-refractivity contribution is 6.04. The lowest BCUT2D eigenvalue weighted by Gasteiger charge is -2.18. The van der Waals surface area contributed by atoms with Gasteiger partial charge in [0.15, 0.2) is 17.6 Å². The largest absolute Gasteiger partial charge is 0.493 e. The second-order valence-electron chi connectivity index (χ2n) is 6.61. The number of rotatable bonds is 9. The first-order valence-corrected chi connectivity index (χ1v) is 9.75. The van der Waals surface area contributed by atoms with Crippen molar-refractivity contribution in [3.05, 3.63) is 54.7 Å². The highest BCUT2D eigenvalue weighted by atomic mass is 16.5. The molecule has 6 nitrogen and oxygen atoms in total. The second-order valence-corrected chi connectivity index (χ2v) is 6.61. The normalized spacial score (nSPS) is 11.7. The summed E-state index contributed by atoms with van der Waals surface area (Å²) in [5.74, 6) is 1.55. The number of amides is 1. The number of unbranched alkanes of at least 4 members (excludes halogenated alkanes) is 1. The number of fused-ring (bicyclic) bond motifs is 1. The quantitative estimate of drug-likeness (QED) is 0.527. The molecule has 1 N–H and O–H groups in total. The van der Waals surface area contributed by atoms with Crippen LogP contribution in [0.3, 0.4) is 0 Å². The molecule has 0 saturated carbocycles. The van der Waals surface area contributed by atoms with Crippen LogP contribution in [-0.2, 0) is 4.79 Å². The van der Waals surface area contributed by atoms with Gasteiger partial charge in [-0.15, -0.1) is 0 Å². The average molecular weight is 394 g/mol.